The number of fused-ring (bicyclic) bond motifs is 1. The standard InChI is InChI=1S/C18H12F3N6OP.C11H19NO/c19-13-7-10(18(28)26-14-8-11(29(20)21)3-4-23-14)1-2-12(13)15-16-17(22)24-5-6-27(16)9-25-15;1-8-3-4-9(2)12(7-8)11(13)10-5-6-10/h1-9H,(H2,22,24)(H,23,26,28);8-10H,3-7H2,1-2H3/t;8-,9+/m.1/s1. The number of benzene rings is 1. The van der Waals surface area contributed by atoms with Gasteiger partial charge in [-0.05, 0) is 68.9 Å². The van der Waals surface area contributed by atoms with Gasteiger partial charge in [-0.2, -0.15) is 8.39 Å². The molecule has 3 aromatic heterocycles. The summed E-state index contributed by atoms with van der Waals surface area (Å²) in [7, 11) is -3.31. The number of carbonyl (C=O) groups is 2. The second kappa shape index (κ2) is 12.4. The van der Waals surface area contributed by atoms with Crippen molar-refractivity contribution in [3.05, 3.63) is 66.6 Å². The van der Waals surface area contributed by atoms with Gasteiger partial charge in [-0.25, -0.2) is 19.3 Å². The van der Waals surface area contributed by atoms with E-state index in [2.05, 4.69) is 39.0 Å². The highest BCUT2D eigenvalue weighted by Crippen LogP contribution is 2.37. The van der Waals surface area contributed by atoms with Crippen LogP contribution in [0.4, 0.5) is 24.4 Å². The van der Waals surface area contributed by atoms with Gasteiger partial charge >= 0.3 is 0 Å². The van der Waals surface area contributed by atoms with Gasteiger partial charge < -0.3 is 20.4 Å². The van der Waals surface area contributed by atoms with Crippen LogP contribution in [-0.4, -0.2) is 48.7 Å². The molecule has 1 aliphatic heterocycles. The highest BCUT2D eigenvalue weighted by molar-refractivity contribution is 7.55. The van der Waals surface area contributed by atoms with Crippen LogP contribution in [0.5, 0.6) is 0 Å². The van der Waals surface area contributed by atoms with Gasteiger partial charge in [0.25, 0.3) is 14.5 Å². The fourth-order valence-electron chi connectivity index (χ4n) is 4.96. The van der Waals surface area contributed by atoms with E-state index in [0.29, 0.717) is 29.3 Å². The zero-order valence-corrected chi connectivity index (χ0v) is 24.1. The normalized spacial score (nSPS) is 18.5. The first-order valence-corrected chi connectivity index (χ1v) is 14.8. The number of anilines is 2. The first kappa shape index (κ1) is 29.4. The molecule has 2 fully saturated rings. The van der Waals surface area contributed by atoms with E-state index >= 15 is 0 Å². The van der Waals surface area contributed by atoms with Crippen molar-refractivity contribution in [3.63, 3.8) is 0 Å². The maximum Gasteiger partial charge on any atom is 0.298 e. The van der Waals surface area contributed by atoms with Crippen molar-refractivity contribution < 1.29 is 22.4 Å². The van der Waals surface area contributed by atoms with E-state index in [-0.39, 0.29) is 33.8 Å². The van der Waals surface area contributed by atoms with Crippen molar-refractivity contribution in [2.24, 2.45) is 11.8 Å². The molecule has 1 saturated heterocycles. The molecule has 0 radical (unpaired) electrons. The van der Waals surface area contributed by atoms with Gasteiger partial charge in [0.15, 0.2) is 0 Å². The molecule has 2 atom stereocenters. The van der Waals surface area contributed by atoms with Crippen molar-refractivity contribution in [3.8, 4) is 11.3 Å². The molecule has 2 aliphatic rings. The summed E-state index contributed by atoms with van der Waals surface area (Å²) in [5.74, 6) is 0.301. The highest BCUT2D eigenvalue weighted by Gasteiger charge is 2.37. The van der Waals surface area contributed by atoms with E-state index in [1.165, 1.54) is 49.8 Å². The summed E-state index contributed by atoms with van der Waals surface area (Å²) in [4.78, 5) is 38.3. The maximum atomic E-state index is 14.7. The lowest BCUT2D eigenvalue weighted by atomic mass is 9.94. The fraction of sp³-hybridized carbons (Fsp3) is 0.345. The quantitative estimate of drug-likeness (QED) is 0.286. The van der Waals surface area contributed by atoms with Crippen molar-refractivity contribution >= 4 is 42.8 Å². The predicted molar refractivity (Wildman–Crippen MR) is 156 cm³/mol. The number of halogens is 3. The summed E-state index contributed by atoms with van der Waals surface area (Å²) in [6.45, 7) is 5.43. The number of likely N-dealkylation sites (tertiary alicyclic amines) is 1. The molecule has 220 valence electrons. The van der Waals surface area contributed by atoms with Crippen LogP contribution in [0.3, 0.4) is 0 Å². The number of amides is 2. The number of imidazole rings is 1. The molecule has 0 unspecified atom stereocenters. The average Bonchev–Trinajstić information content (AvgIpc) is 3.73. The Hall–Kier alpha value is -4.05. The van der Waals surface area contributed by atoms with Gasteiger partial charge in [0.2, 0.25) is 5.91 Å². The van der Waals surface area contributed by atoms with Crippen molar-refractivity contribution in [1.29, 1.82) is 0 Å². The van der Waals surface area contributed by atoms with Crippen molar-refractivity contribution in [2.45, 2.75) is 45.6 Å². The van der Waals surface area contributed by atoms with Crippen LogP contribution in [0, 0.1) is 17.7 Å². The fourth-order valence-corrected chi connectivity index (χ4v) is 5.36. The third kappa shape index (κ3) is 6.54. The molecule has 4 heterocycles. The average molecular weight is 598 g/mol. The topological polar surface area (TPSA) is 119 Å². The minimum Gasteiger partial charge on any atom is -0.382 e. The number of nitrogens with one attached hydrogen (secondary N) is 1. The summed E-state index contributed by atoms with van der Waals surface area (Å²) in [6.07, 6.45) is 10.5. The van der Waals surface area contributed by atoms with Crippen LogP contribution in [0.2, 0.25) is 0 Å². The SMILES string of the molecule is C[C@@H]1CC[C@H](C)N(C(=O)C2CC2)C1.Nc1nccn2cnc(-c3ccc(C(=O)Nc4cc(P(F)F)ccn4)cc3F)c12. The zero-order chi connectivity index (χ0) is 30.0. The molecular formula is C29H31F3N7O2P. The molecule has 3 N–H and O–H groups in total. The van der Waals surface area contributed by atoms with Gasteiger partial charge in [0.1, 0.15) is 35.0 Å². The second-order valence-corrected chi connectivity index (χ2v) is 11.7. The number of pyridine rings is 1. The van der Waals surface area contributed by atoms with Gasteiger partial charge in [0, 0.05) is 53.5 Å². The monoisotopic (exact) mass is 597 g/mol. The van der Waals surface area contributed by atoms with E-state index in [9.17, 15) is 22.4 Å². The number of hydrogen-bond acceptors (Lipinski definition) is 6. The first-order chi connectivity index (χ1) is 20.1. The minimum atomic E-state index is -3.31. The predicted octanol–water partition coefficient (Wildman–Crippen LogP) is 5.68. The summed E-state index contributed by atoms with van der Waals surface area (Å²) in [5, 5.41) is 2.17. The Morgan fingerprint density at radius 2 is 1.81 bits per heavy atom. The van der Waals surface area contributed by atoms with Crippen LogP contribution < -0.4 is 16.4 Å². The molecule has 6 rings (SSSR count). The molecular weight excluding hydrogens is 566 g/mol. The third-order valence-electron chi connectivity index (χ3n) is 7.47. The van der Waals surface area contributed by atoms with Crippen LogP contribution in [-0.2, 0) is 4.79 Å². The number of nitrogens with two attached hydrogens (primary N) is 1. The van der Waals surface area contributed by atoms with E-state index in [1.54, 1.807) is 10.6 Å². The van der Waals surface area contributed by atoms with E-state index < -0.39 is 20.3 Å². The Morgan fingerprint density at radius 1 is 1.02 bits per heavy atom. The molecule has 2 amide bonds. The molecule has 0 bridgehead atoms. The molecule has 0 spiro atoms. The Morgan fingerprint density at radius 3 is 2.52 bits per heavy atom. The summed E-state index contributed by atoms with van der Waals surface area (Å²) < 4.78 is 42.0. The molecule has 4 aromatic rings. The Labute approximate surface area is 242 Å². The largest absolute Gasteiger partial charge is 0.382 e. The molecule has 9 nitrogen and oxygen atoms in total. The first-order valence-electron chi connectivity index (χ1n) is 13.7. The van der Waals surface area contributed by atoms with E-state index in [1.807, 2.05) is 0 Å². The number of hydrogen-bond donors (Lipinski definition) is 2. The number of nitrogen functional groups attached to an aromatic ring is 1. The van der Waals surface area contributed by atoms with Crippen molar-refractivity contribution in [1.82, 2.24) is 24.3 Å². The number of aromatic nitrogens is 4. The Bertz CT molecular complexity index is 1610. The smallest absolute Gasteiger partial charge is 0.298 e. The lowest BCUT2D eigenvalue weighted by Gasteiger charge is -2.37. The van der Waals surface area contributed by atoms with E-state index in [0.717, 1.165) is 31.5 Å². The van der Waals surface area contributed by atoms with Gasteiger partial charge in [-0.1, -0.05) is 6.92 Å². The minimum absolute atomic E-state index is 0.00386. The van der Waals surface area contributed by atoms with Gasteiger partial charge in [-0.15, -0.1) is 0 Å². The number of rotatable bonds is 5. The summed E-state index contributed by atoms with van der Waals surface area (Å²) in [6, 6.07) is 6.57. The molecule has 42 heavy (non-hydrogen) atoms. The van der Waals surface area contributed by atoms with Crippen LogP contribution in [0.25, 0.3) is 16.8 Å². The van der Waals surface area contributed by atoms with Gasteiger partial charge in [-0.3, -0.25) is 9.59 Å². The molecule has 1 aromatic carbocycles. The van der Waals surface area contributed by atoms with Crippen LogP contribution in [0.1, 0.15) is 49.9 Å². The van der Waals surface area contributed by atoms with Crippen LogP contribution >= 0.6 is 8.54 Å². The number of piperidine rings is 1. The summed E-state index contributed by atoms with van der Waals surface area (Å²) in [5.41, 5.74) is 6.74. The maximum absolute atomic E-state index is 14.7. The third-order valence-corrected chi connectivity index (χ3v) is 8.14. The van der Waals surface area contributed by atoms with E-state index in [4.69, 9.17) is 5.73 Å². The Kier molecular flexibility index (Phi) is 8.72. The second-order valence-electron chi connectivity index (χ2n) is 10.7. The van der Waals surface area contributed by atoms with Crippen LogP contribution in [0.15, 0.2) is 55.2 Å². The molecule has 13 heteroatoms. The van der Waals surface area contributed by atoms with Crippen molar-refractivity contribution in [2.75, 3.05) is 17.6 Å². The number of nitrogens with zero attached hydrogens (tertiary/aromatic N) is 5. The lowest BCUT2D eigenvalue weighted by Crippen LogP contribution is -2.45. The molecule has 1 aliphatic carbocycles. The zero-order valence-electron chi connectivity index (χ0n) is 23.2. The van der Waals surface area contributed by atoms with Gasteiger partial charge in [0.05, 0.1) is 0 Å². The lowest BCUT2D eigenvalue weighted by molar-refractivity contribution is -0.136. The highest BCUT2D eigenvalue weighted by atomic mass is 31.2. The number of carbonyl (C=O) groups excluding carboxylic acids is 2. The summed E-state index contributed by atoms with van der Waals surface area (Å²) >= 11 is 0. The Balaban J connectivity index is 0.000000226. The molecule has 1 saturated carbocycles.